The Bertz CT molecular complexity index is 5730. The largest absolute Gasteiger partial charge is 0.493 e. The molecule has 10 aromatic rings. The molecule has 0 spiro atoms. The van der Waals surface area contributed by atoms with Crippen molar-refractivity contribution in [1.82, 2.24) is 0 Å². The van der Waals surface area contributed by atoms with Crippen molar-refractivity contribution in [2.24, 2.45) is 16.2 Å². The van der Waals surface area contributed by atoms with Gasteiger partial charge in [0, 0.05) is 47.3 Å². The molecule has 7 fully saturated rings. The van der Waals surface area contributed by atoms with E-state index in [4.69, 9.17) is 94.7 Å². The van der Waals surface area contributed by atoms with Crippen LogP contribution in [-0.2, 0) is 77.9 Å². The molecule has 0 saturated carbocycles. The fourth-order valence-corrected chi connectivity index (χ4v) is 13.7. The molecule has 133 heavy (non-hydrogen) atoms. The van der Waals surface area contributed by atoms with Gasteiger partial charge < -0.3 is 94.7 Å². The SMILES string of the molecule is C=CC(=O)OCCc1ccc(C(=O)Oc2ccc(-c3ccc(OC(=O)c4ccc(OCC5CO5)cc4)cc3CCOC(=O)C=C)cc2)cc1.CC1(COc2ccc(C(=O)Oc3ccc(OC(=O)c4ccc(OCC5(C)COC5)cc4)c(OCC4(C)COC4)c3)cc2)COC1.O=C(Oc1ccc(OC(=O)c2ccc(CCC3CO3)cc2)c(CCC2CO2)c1)c1ccc(OCC2CO2)cc1. The minimum absolute atomic E-state index is 0.0145. The topological polar surface area (TPSA) is 334 Å². The summed E-state index contributed by atoms with van der Waals surface area (Å²) >= 11 is 0. The van der Waals surface area contributed by atoms with Crippen LogP contribution in [0.25, 0.3) is 11.1 Å². The van der Waals surface area contributed by atoms with Crippen LogP contribution in [0.4, 0.5) is 0 Å². The predicted molar refractivity (Wildman–Crippen MR) is 483 cm³/mol. The third-order valence-electron chi connectivity index (χ3n) is 22.2. The van der Waals surface area contributed by atoms with E-state index in [1.54, 1.807) is 206 Å². The van der Waals surface area contributed by atoms with E-state index in [-0.39, 0.29) is 65.0 Å². The molecule has 17 rings (SSSR count). The lowest BCUT2D eigenvalue weighted by Crippen LogP contribution is -2.44. The molecule has 0 radical (unpaired) electrons. The summed E-state index contributed by atoms with van der Waals surface area (Å²) in [5.41, 5.74) is 7.38. The van der Waals surface area contributed by atoms with Crippen LogP contribution in [0.2, 0.25) is 0 Å². The smallest absolute Gasteiger partial charge is 0.343 e. The normalized spacial score (nSPS) is 17.2. The molecule has 0 amide bonds. The molecule has 7 aliphatic rings. The van der Waals surface area contributed by atoms with Gasteiger partial charge in [0.2, 0.25) is 0 Å². The summed E-state index contributed by atoms with van der Waals surface area (Å²) in [6, 6.07) is 63.2. The van der Waals surface area contributed by atoms with E-state index in [1.165, 1.54) is 0 Å². The van der Waals surface area contributed by atoms with Crippen molar-refractivity contribution in [3.05, 3.63) is 305 Å². The summed E-state index contributed by atoms with van der Waals surface area (Å²) in [6.45, 7) is 22.5. The van der Waals surface area contributed by atoms with Gasteiger partial charge in [-0.3, -0.25) is 0 Å². The first-order valence-electron chi connectivity index (χ1n) is 43.8. The Morgan fingerprint density at radius 1 is 0.316 bits per heavy atom. The van der Waals surface area contributed by atoms with Crippen LogP contribution in [0, 0.1) is 16.2 Å². The molecular formula is C105H102O28. The lowest BCUT2D eigenvalue weighted by atomic mass is 9.90. The molecular weight excluding hydrogens is 1710 g/mol. The minimum Gasteiger partial charge on any atom is -0.493 e. The van der Waals surface area contributed by atoms with E-state index >= 15 is 0 Å². The van der Waals surface area contributed by atoms with Crippen molar-refractivity contribution < 1.29 is 133 Å². The van der Waals surface area contributed by atoms with Gasteiger partial charge >= 0.3 is 47.8 Å². The highest BCUT2D eigenvalue weighted by Crippen LogP contribution is 2.39. The molecule has 4 atom stereocenters. The summed E-state index contributed by atoms with van der Waals surface area (Å²) in [5, 5.41) is 0. The van der Waals surface area contributed by atoms with Crippen molar-refractivity contribution in [1.29, 1.82) is 0 Å². The molecule has 4 unspecified atom stereocenters. The van der Waals surface area contributed by atoms with Crippen LogP contribution in [0.15, 0.2) is 250 Å². The molecule has 0 aromatic heterocycles. The number of aryl methyl sites for hydroxylation is 2. The number of benzene rings is 10. The first-order chi connectivity index (χ1) is 64.5. The average molecular weight is 1810 g/mol. The molecule has 28 nitrogen and oxygen atoms in total. The first kappa shape index (κ1) is 93.8. The fraction of sp³-hybridized carbons (Fsp3) is 0.314. The van der Waals surface area contributed by atoms with Crippen molar-refractivity contribution in [2.45, 2.75) is 83.7 Å². The van der Waals surface area contributed by atoms with E-state index in [0.29, 0.717) is 184 Å². The van der Waals surface area contributed by atoms with Crippen LogP contribution in [-0.4, -0.2) is 184 Å². The standard InChI is InChI=1S/C39H34O10.C35H38O10.C31H30O8/c1-3-36(40)44-21-19-26-5-7-28(8-6-26)38(42)48-32-15-9-27(10-16-32)35-18-17-33(23-30(35)20-22-45-37(41)4-2)49-39(43)29-11-13-31(14-12-29)46-24-34-25-47-34;1-33(15-38-16-33)21-41-26-8-4-24(5-9-26)31(36)44-28-12-13-29(30(14-28)43-23-35(3)19-40-20-35)45-32(37)25-6-10-27(11-7-25)42-22-34(2)17-39-18-34;32-30(22-6-10-24(11-7-22)34-18-28-19-37-28)38-25-13-14-29(23(15-25)8-12-27-17-36-27)39-31(33)21-4-1-20(2-5-21)3-9-26-16-35-26/h3-18,23,34H,1-2,19-22,24-25H2;4-14H,15-23H2,1-3H3;1-2,4-7,10-11,13-15,26-28H,3,8-9,12,16-19H2. The number of carbonyl (C=O) groups excluding carboxylic acids is 8. The number of epoxide rings is 4. The predicted octanol–water partition coefficient (Wildman–Crippen LogP) is 16.0. The summed E-state index contributed by atoms with van der Waals surface area (Å²) < 4.78 is 110. The summed E-state index contributed by atoms with van der Waals surface area (Å²) in [7, 11) is 0. The number of hydrogen-bond donors (Lipinski definition) is 0. The molecule has 7 aliphatic heterocycles. The number of ether oxygens (including phenoxy) is 20. The Balaban J connectivity index is 0.000000153. The van der Waals surface area contributed by atoms with Gasteiger partial charge in [-0.1, -0.05) is 76.4 Å². The minimum atomic E-state index is -0.560. The molecule has 28 heteroatoms. The summed E-state index contributed by atoms with van der Waals surface area (Å²) in [5.74, 6) is 0.702. The van der Waals surface area contributed by atoms with Crippen LogP contribution in [0.3, 0.4) is 0 Å². The number of hydrogen-bond acceptors (Lipinski definition) is 28. The van der Waals surface area contributed by atoms with Gasteiger partial charge in [-0.05, 0) is 235 Å². The van der Waals surface area contributed by atoms with Gasteiger partial charge in [0.1, 0.15) is 77.2 Å². The second-order valence-corrected chi connectivity index (χ2v) is 34.1. The van der Waals surface area contributed by atoms with Gasteiger partial charge in [-0.25, -0.2) is 38.4 Å². The van der Waals surface area contributed by atoms with Crippen LogP contribution in [0.5, 0.6) is 63.2 Å². The highest BCUT2D eigenvalue weighted by atomic mass is 16.6. The monoisotopic (exact) mass is 1810 g/mol. The van der Waals surface area contributed by atoms with E-state index in [2.05, 4.69) is 27.0 Å². The van der Waals surface area contributed by atoms with Gasteiger partial charge in [0.05, 0.1) is 145 Å². The Morgan fingerprint density at radius 2 is 0.639 bits per heavy atom. The van der Waals surface area contributed by atoms with E-state index in [1.807, 2.05) is 25.1 Å². The van der Waals surface area contributed by atoms with Crippen LogP contribution >= 0.6 is 0 Å². The maximum absolute atomic E-state index is 13.1. The average Bonchev–Trinajstić information content (AvgIpc) is 1.28. The van der Waals surface area contributed by atoms with Gasteiger partial charge in [-0.15, -0.1) is 0 Å². The number of esters is 8. The second kappa shape index (κ2) is 44.4. The van der Waals surface area contributed by atoms with Gasteiger partial charge in [0.15, 0.2) is 11.5 Å². The number of rotatable bonds is 42. The summed E-state index contributed by atoms with van der Waals surface area (Å²) in [6.07, 6.45) is 7.23. The van der Waals surface area contributed by atoms with Crippen molar-refractivity contribution in [3.63, 3.8) is 0 Å². The maximum Gasteiger partial charge on any atom is 0.343 e. The molecule has 690 valence electrons. The molecule has 7 saturated heterocycles. The highest BCUT2D eigenvalue weighted by Gasteiger charge is 2.38. The third-order valence-corrected chi connectivity index (χ3v) is 22.2. The van der Waals surface area contributed by atoms with Crippen LogP contribution < -0.4 is 52.1 Å². The van der Waals surface area contributed by atoms with Gasteiger partial charge in [0.25, 0.3) is 0 Å². The zero-order chi connectivity index (χ0) is 92.7. The fourth-order valence-electron chi connectivity index (χ4n) is 13.7. The molecule has 0 bridgehead atoms. The third kappa shape index (κ3) is 28.3. The van der Waals surface area contributed by atoms with E-state index in [0.717, 1.165) is 84.6 Å². The Morgan fingerprint density at radius 3 is 1.05 bits per heavy atom. The summed E-state index contributed by atoms with van der Waals surface area (Å²) in [4.78, 5) is 100. The Hall–Kier alpha value is -13.8. The molecule has 10 aromatic carbocycles. The van der Waals surface area contributed by atoms with Crippen molar-refractivity contribution >= 4 is 47.8 Å². The van der Waals surface area contributed by atoms with E-state index in [9.17, 15) is 38.4 Å². The highest BCUT2D eigenvalue weighted by molar-refractivity contribution is 5.95. The van der Waals surface area contributed by atoms with E-state index < -0.39 is 47.8 Å². The zero-order valence-corrected chi connectivity index (χ0v) is 73.9. The molecule has 0 aliphatic carbocycles. The second-order valence-electron chi connectivity index (χ2n) is 34.1. The quantitative estimate of drug-likeness (QED) is 0.0148. The van der Waals surface area contributed by atoms with Crippen molar-refractivity contribution in [2.75, 3.05) is 112 Å². The molecule has 7 heterocycles. The Labute approximate surface area is 769 Å². The van der Waals surface area contributed by atoms with Crippen LogP contribution in [0.1, 0.15) is 118 Å². The Kier molecular flexibility index (Phi) is 31.3. The lowest BCUT2D eigenvalue weighted by molar-refractivity contribution is -0.138. The first-order valence-corrected chi connectivity index (χ1v) is 43.8. The lowest BCUT2D eigenvalue weighted by Gasteiger charge is -2.37. The maximum atomic E-state index is 13.1. The van der Waals surface area contributed by atoms with Crippen molar-refractivity contribution in [3.8, 4) is 74.4 Å². The molecule has 0 N–H and O–H groups in total. The number of carbonyl (C=O) groups is 8. The zero-order valence-electron chi connectivity index (χ0n) is 73.9. The van der Waals surface area contributed by atoms with Gasteiger partial charge in [-0.2, -0.15) is 0 Å².